The molecule has 24 heavy (non-hydrogen) atoms. The monoisotopic (exact) mass is 326 g/mol. The molecule has 2 aromatic rings. The topological polar surface area (TPSA) is 52.6 Å². The van der Waals surface area contributed by atoms with E-state index in [-0.39, 0.29) is 11.9 Å². The van der Waals surface area contributed by atoms with Gasteiger partial charge in [-0.2, -0.15) is 0 Å². The average molecular weight is 326 g/mol. The van der Waals surface area contributed by atoms with E-state index in [1.807, 2.05) is 36.4 Å². The minimum absolute atomic E-state index is 0.157. The number of aliphatic hydroxyl groups is 1. The zero-order valence-corrected chi connectivity index (χ0v) is 14.4. The number of aliphatic hydroxyl groups excluding tert-OH is 1. The van der Waals surface area contributed by atoms with Crippen molar-refractivity contribution < 1.29 is 9.90 Å². The van der Waals surface area contributed by atoms with Gasteiger partial charge in [-0.15, -0.1) is 0 Å². The number of benzene rings is 2. The van der Waals surface area contributed by atoms with Crippen molar-refractivity contribution >= 4 is 6.03 Å². The third-order valence-electron chi connectivity index (χ3n) is 4.00. The van der Waals surface area contributed by atoms with E-state index in [0.29, 0.717) is 13.1 Å². The van der Waals surface area contributed by atoms with Gasteiger partial charge in [-0.3, -0.25) is 0 Å². The molecule has 0 saturated heterocycles. The molecule has 0 heterocycles. The Morgan fingerprint density at radius 1 is 1.04 bits per heavy atom. The first-order valence-corrected chi connectivity index (χ1v) is 8.35. The normalized spacial score (nSPS) is 12.0. The van der Waals surface area contributed by atoms with Gasteiger partial charge >= 0.3 is 6.03 Å². The van der Waals surface area contributed by atoms with Crippen LogP contribution in [-0.2, 0) is 0 Å². The lowest BCUT2D eigenvalue weighted by atomic mass is 9.88. The van der Waals surface area contributed by atoms with Crippen LogP contribution in [0, 0.1) is 0 Å². The molecule has 0 bridgehead atoms. The Morgan fingerprint density at radius 2 is 1.54 bits per heavy atom. The quantitative estimate of drug-likeness (QED) is 0.821. The Balaban J connectivity index is 1.99. The van der Waals surface area contributed by atoms with Crippen molar-refractivity contribution in [2.75, 3.05) is 20.1 Å². The summed E-state index contributed by atoms with van der Waals surface area (Å²) in [5.74, 6) is 0.245. The lowest BCUT2D eigenvalue weighted by Crippen LogP contribution is -2.41. The maximum atomic E-state index is 12.0. The Bertz CT molecular complexity index is 575. The highest BCUT2D eigenvalue weighted by atomic mass is 16.3. The number of carbonyl (C=O) groups excluding carboxylic acids is 1. The van der Waals surface area contributed by atoms with Crippen molar-refractivity contribution in [3.05, 3.63) is 71.8 Å². The molecule has 0 aliphatic rings. The molecule has 2 N–H and O–H groups in total. The lowest BCUT2D eigenvalue weighted by Gasteiger charge is -2.21. The van der Waals surface area contributed by atoms with Gasteiger partial charge < -0.3 is 15.3 Å². The van der Waals surface area contributed by atoms with Gasteiger partial charge in [0, 0.05) is 26.1 Å². The van der Waals surface area contributed by atoms with E-state index >= 15 is 0 Å². The summed E-state index contributed by atoms with van der Waals surface area (Å²) in [4.78, 5) is 13.5. The molecule has 2 aromatic carbocycles. The number of nitrogens with zero attached hydrogens (tertiary/aromatic N) is 1. The predicted molar refractivity (Wildman–Crippen MR) is 97.1 cm³/mol. The molecule has 2 amide bonds. The highest BCUT2D eigenvalue weighted by molar-refractivity contribution is 5.73. The van der Waals surface area contributed by atoms with Crippen LogP contribution in [0.15, 0.2) is 60.7 Å². The Kier molecular flexibility index (Phi) is 6.82. The van der Waals surface area contributed by atoms with Gasteiger partial charge in [0.05, 0.1) is 6.10 Å². The van der Waals surface area contributed by atoms with E-state index in [1.165, 1.54) is 16.0 Å². The largest absolute Gasteiger partial charge is 0.392 e. The zero-order chi connectivity index (χ0) is 17.4. The molecule has 0 aliphatic heterocycles. The van der Waals surface area contributed by atoms with Crippen LogP contribution in [0.2, 0.25) is 0 Å². The molecule has 128 valence electrons. The van der Waals surface area contributed by atoms with Gasteiger partial charge in [0.25, 0.3) is 0 Å². The summed E-state index contributed by atoms with van der Waals surface area (Å²) >= 11 is 0. The number of amides is 2. The molecule has 4 nitrogen and oxygen atoms in total. The predicted octanol–water partition coefficient (Wildman–Crippen LogP) is 3.23. The number of likely N-dealkylation sites (N-methyl/N-ethyl adjacent to an activating group) is 1. The molecule has 0 aromatic heterocycles. The second kappa shape index (κ2) is 9.08. The van der Waals surface area contributed by atoms with Crippen molar-refractivity contribution in [3.8, 4) is 0 Å². The van der Waals surface area contributed by atoms with E-state index in [0.717, 1.165) is 6.42 Å². The number of carbonyl (C=O) groups is 1. The van der Waals surface area contributed by atoms with Crippen LogP contribution in [0.25, 0.3) is 0 Å². The van der Waals surface area contributed by atoms with E-state index in [9.17, 15) is 9.90 Å². The fourth-order valence-electron chi connectivity index (χ4n) is 2.83. The molecule has 0 fully saturated rings. The van der Waals surface area contributed by atoms with Crippen molar-refractivity contribution in [2.45, 2.75) is 25.4 Å². The number of hydrogen-bond acceptors (Lipinski definition) is 2. The first-order valence-electron chi connectivity index (χ1n) is 8.35. The molecule has 0 radical (unpaired) electrons. The van der Waals surface area contributed by atoms with Gasteiger partial charge in [-0.25, -0.2) is 4.79 Å². The average Bonchev–Trinajstić information content (AvgIpc) is 2.59. The minimum atomic E-state index is -0.526. The van der Waals surface area contributed by atoms with E-state index in [4.69, 9.17) is 0 Å². The summed E-state index contributed by atoms with van der Waals surface area (Å²) in [6.07, 6.45) is 0.296. The van der Waals surface area contributed by atoms with Crippen molar-refractivity contribution in [3.63, 3.8) is 0 Å². The Labute approximate surface area is 144 Å². The van der Waals surface area contributed by atoms with Gasteiger partial charge in [-0.1, -0.05) is 60.7 Å². The van der Waals surface area contributed by atoms with Crippen molar-refractivity contribution in [2.24, 2.45) is 0 Å². The lowest BCUT2D eigenvalue weighted by molar-refractivity contribution is 0.144. The first kappa shape index (κ1) is 18.0. The Hall–Kier alpha value is -2.33. The fraction of sp³-hybridized carbons (Fsp3) is 0.350. The Morgan fingerprint density at radius 3 is 2.00 bits per heavy atom. The van der Waals surface area contributed by atoms with E-state index in [1.54, 1.807) is 14.0 Å². The standard InChI is InChI=1S/C20H26N2O2/c1-16(23)15-22(2)20(24)21-14-13-19(17-9-5-3-6-10-17)18-11-7-4-8-12-18/h3-12,16,19,23H,13-15H2,1-2H3,(H,21,24). The van der Waals surface area contributed by atoms with Crippen LogP contribution in [0.5, 0.6) is 0 Å². The minimum Gasteiger partial charge on any atom is -0.392 e. The molecule has 0 saturated carbocycles. The second-order valence-electron chi connectivity index (χ2n) is 6.12. The molecular weight excluding hydrogens is 300 g/mol. The van der Waals surface area contributed by atoms with Crippen LogP contribution in [0.3, 0.4) is 0 Å². The highest BCUT2D eigenvalue weighted by Gasteiger charge is 2.15. The van der Waals surface area contributed by atoms with Crippen LogP contribution in [-0.4, -0.2) is 42.3 Å². The summed E-state index contributed by atoms with van der Waals surface area (Å²) in [6.45, 7) is 2.58. The van der Waals surface area contributed by atoms with Crippen molar-refractivity contribution in [1.29, 1.82) is 0 Å². The third-order valence-corrected chi connectivity index (χ3v) is 4.00. The van der Waals surface area contributed by atoms with Gasteiger partial charge in [0.1, 0.15) is 0 Å². The summed E-state index contributed by atoms with van der Waals surface area (Å²) in [7, 11) is 1.69. The maximum Gasteiger partial charge on any atom is 0.317 e. The number of nitrogens with one attached hydrogen (secondary N) is 1. The van der Waals surface area contributed by atoms with Gasteiger partial charge in [0.2, 0.25) is 0 Å². The SMILES string of the molecule is CC(O)CN(C)C(=O)NCCC(c1ccccc1)c1ccccc1. The molecule has 4 heteroatoms. The van der Waals surface area contributed by atoms with Gasteiger partial charge in [0.15, 0.2) is 0 Å². The first-order chi connectivity index (χ1) is 11.6. The smallest absolute Gasteiger partial charge is 0.317 e. The summed E-state index contributed by atoms with van der Waals surface area (Å²) in [6, 6.07) is 20.5. The second-order valence-corrected chi connectivity index (χ2v) is 6.12. The van der Waals surface area contributed by atoms with Crippen molar-refractivity contribution in [1.82, 2.24) is 10.2 Å². The summed E-state index contributed by atoms with van der Waals surface area (Å²) in [5, 5.41) is 12.3. The maximum absolute atomic E-state index is 12.0. The molecule has 0 spiro atoms. The molecule has 1 unspecified atom stereocenters. The molecule has 0 aliphatic carbocycles. The van der Waals surface area contributed by atoms with Crippen LogP contribution in [0.1, 0.15) is 30.4 Å². The van der Waals surface area contributed by atoms with E-state index in [2.05, 4.69) is 29.6 Å². The van der Waals surface area contributed by atoms with E-state index < -0.39 is 6.10 Å². The van der Waals surface area contributed by atoms with Crippen LogP contribution >= 0.6 is 0 Å². The van der Waals surface area contributed by atoms with Gasteiger partial charge in [-0.05, 0) is 24.5 Å². The fourth-order valence-corrected chi connectivity index (χ4v) is 2.83. The number of rotatable bonds is 7. The zero-order valence-electron chi connectivity index (χ0n) is 14.4. The summed E-state index contributed by atoms with van der Waals surface area (Å²) < 4.78 is 0. The number of urea groups is 1. The molecule has 2 rings (SSSR count). The molecular formula is C20H26N2O2. The summed E-state index contributed by atoms with van der Waals surface area (Å²) in [5.41, 5.74) is 2.49. The van der Waals surface area contributed by atoms with Crippen LogP contribution in [0.4, 0.5) is 4.79 Å². The number of hydrogen-bond donors (Lipinski definition) is 2. The highest BCUT2D eigenvalue weighted by Crippen LogP contribution is 2.27. The third kappa shape index (κ3) is 5.39. The van der Waals surface area contributed by atoms with Crippen LogP contribution < -0.4 is 5.32 Å². The molecule has 1 atom stereocenters.